The number of thioether (sulfide) groups is 1. The fourth-order valence-electron chi connectivity index (χ4n) is 3.73. The molecule has 0 bridgehead atoms. The Bertz CT molecular complexity index is 426. The van der Waals surface area contributed by atoms with Crippen LogP contribution >= 0.6 is 11.8 Å². The molecule has 1 aliphatic heterocycles. The second kappa shape index (κ2) is 6.55. The fourth-order valence-corrected chi connectivity index (χ4v) is 6.67. The van der Waals surface area contributed by atoms with E-state index in [1.54, 1.807) is 11.8 Å². The van der Waals surface area contributed by atoms with Gasteiger partial charge in [0.1, 0.15) is 5.37 Å². The summed E-state index contributed by atoms with van der Waals surface area (Å²) in [5, 5.41) is 9.52. The van der Waals surface area contributed by atoms with Crippen LogP contribution in [0.5, 0.6) is 0 Å². The topological polar surface area (TPSA) is 57.6 Å². The molecule has 0 aromatic rings. The summed E-state index contributed by atoms with van der Waals surface area (Å²) in [7, 11) is -3.05. The molecule has 2 fully saturated rings. The van der Waals surface area contributed by atoms with E-state index in [-0.39, 0.29) is 17.4 Å². The Morgan fingerprint density at radius 1 is 1.45 bits per heavy atom. The van der Waals surface area contributed by atoms with Gasteiger partial charge in [0.25, 0.3) is 0 Å². The third-order valence-corrected chi connectivity index (χ3v) is 7.43. The number of aliphatic hydroxyl groups excluding tert-OH is 1. The first-order valence-electron chi connectivity index (χ1n) is 7.48. The largest absolute Gasteiger partial charge is 0.396 e. The summed E-state index contributed by atoms with van der Waals surface area (Å²) in [6, 6.07) is 0. The molecule has 0 aromatic carbocycles. The van der Waals surface area contributed by atoms with Crippen molar-refractivity contribution < 1.29 is 13.5 Å². The second-order valence-electron chi connectivity index (χ2n) is 6.69. The lowest BCUT2D eigenvalue weighted by atomic mass is 9.70. The normalized spacial score (nSPS) is 37.0. The van der Waals surface area contributed by atoms with Crippen LogP contribution in [0.2, 0.25) is 0 Å². The average molecular weight is 322 g/mol. The van der Waals surface area contributed by atoms with Gasteiger partial charge >= 0.3 is 0 Å². The van der Waals surface area contributed by atoms with Gasteiger partial charge in [-0.2, -0.15) is 11.8 Å². The minimum atomic E-state index is -3.05. The van der Waals surface area contributed by atoms with E-state index in [9.17, 15) is 13.5 Å². The maximum absolute atomic E-state index is 12.0. The van der Waals surface area contributed by atoms with Gasteiger partial charge in [0.05, 0.1) is 0 Å². The first kappa shape index (κ1) is 16.6. The molecule has 0 aromatic heterocycles. The molecule has 2 rings (SSSR count). The Hall–Kier alpha value is 0.220. The quantitative estimate of drug-likeness (QED) is 0.852. The van der Waals surface area contributed by atoms with E-state index in [1.165, 1.54) is 12.7 Å². The minimum absolute atomic E-state index is 0.0946. The highest BCUT2D eigenvalue weighted by Crippen LogP contribution is 2.40. The van der Waals surface area contributed by atoms with Crippen molar-refractivity contribution in [3.63, 3.8) is 0 Å². The van der Waals surface area contributed by atoms with E-state index in [1.807, 2.05) is 0 Å². The Kier molecular flexibility index (Phi) is 5.43. The van der Waals surface area contributed by atoms with Crippen molar-refractivity contribution in [2.24, 2.45) is 11.3 Å². The van der Waals surface area contributed by atoms with Crippen molar-refractivity contribution in [2.45, 2.75) is 38.0 Å². The van der Waals surface area contributed by atoms with E-state index in [0.717, 1.165) is 38.1 Å². The molecule has 2 aliphatic rings. The van der Waals surface area contributed by atoms with Crippen molar-refractivity contribution in [1.29, 1.82) is 0 Å². The van der Waals surface area contributed by atoms with Gasteiger partial charge in [-0.15, -0.1) is 0 Å². The summed E-state index contributed by atoms with van der Waals surface area (Å²) >= 11 is 1.72. The van der Waals surface area contributed by atoms with E-state index >= 15 is 0 Å². The van der Waals surface area contributed by atoms with Gasteiger partial charge in [0.2, 0.25) is 0 Å². The molecule has 0 radical (unpaired) electrons. The van der Waals surface area contributed by atoms with Crippen molar-refractivity contribution in [3.8, 4) is 0 Å². The molecule has 20 heavy (non-hydrogen) atoms. The Morgan fingerprint density at radius 2 is 2.20 bits per heavy atom. The molecule has 6 heteroatoms. The molecule has 1 N–H and O–H groups in total. The molecule has 1 aliphatic carbocycles. The van der Waals surface area contributed by atoms with E-state index in [0.29, 0.717) is 11.7 Å². The van der Waals surface area contributed by atoms with Crippen LogP contribution in [-0.4, -0.2) is 61.3 Å². The summed E-state index contributed by atoms with van der Waals surface area (Å²) in [5.41, 5.74) is -0.0946. The average Bonchev–Trinajstić information content (AvgIpc) is 2.38. The van der Waals surface area contributed by atoms with E-state index in [4.69, 9.17) is 0 Å². The lowest BCUT2D eigenvalue weighted by molar-refractivity contribution is 0.0227. The molecule has 1 saturated carbocycles. The van der Waals surface area contributed by atoms with Crippen molar-refractivity contribution in [2.75, 3.05) is 37.5 Å². The first-order chi connectivity index (χ1) is 9.36. The molecule has 118 valence electrons. The molecule has 1 heterocycles. The van der Waals surface area contributed by atoms with Crippen LogP contribution in [0.1, 0.15) is 32.6 Å². The van der Waals surface area contributed by atoms with Crippen LogP contribution in [0.4, 0.5) is 0 Å². The van der Waals surface area contributed by atoms with Crippen molar-refractivity contribution in [1.82, 2.24) is 4.90 Å². The van der Waals surface area contributed by atoms with Crippen LogP contribution in [0.3, 0.4) is 0 Å². The zero-order valence-corrected chi connectivity index (χ0v) is 14.2. The van der Waals surface area contributed by atoms with Gasteiger partial charge in [0.15, 0.2) is 9.84 Å². The molecule has 4 nitrogen and oxygen atoms in total. The summed E-state index contributed by atoms with van der Waals surface area (Å²) in [5.74, 6) is 2.28. The van der Waals surface area contributed by atoms with Crippen LogP contribution in [0, 0.1) is 11.3 Å². The van der Waals surface area contributed by atoms with Gasteiger partial charge < -0.3 is 5.11 Å². The molecule has 3 unspecified atom stereocenters. The third-order valence-electron chi connectivity index (χ3n) is 4.74. The van der Waals surface area contributed by atoms with Gasteiger partial charge in [-0.3, -0.25) is 4.90 Å². The molecular formula is C14H27NO3S2. The minimum Gasteiger partial charge on any atom is -0.396 e. The van der Waals surface area contributed by atoms with Crippen LogP contribution in [-0.2, 0) is 9.84 Å². The monoisotopic (exact) mass is 321 g/mol. The Labute approximate surface area is 127 Å². The van der Waals surface area contributed by atoms with E-state index < -0.39 is 9.84 Å². The van der Waals surface area contributed by atoms with Crippen molar-refractivity contribution >= 4 is 21.6 Å². The fraction of sp³-hybridized carbons (Fsp3) is 1.00. The molecule has 1 saturated heterocycles. The number of hydrogen-bond donors (Lipinski definition) is 1. The van der Waals surface area contributed by atoms with Crippen LogP contribution in [0.25, 0.3) is 0 Å². The lowest BCUT2D eigenvalue weighted by Crippen LogP contribution is -2.52. The number of nitrogens with zero attached hydrogens (tertiary/aromatic N) is 1. The maximum Gasteiger partial charge on any atom is 0.164 e. The lowest BCUT2D eigenvalue weighted by Gasteiger charge is -2.45. The zero-order chi connectivity index (χ0) is 14.8. The summed E-state index contributed by atoms with van der Waals surface area (Å²) in [6.07, 6.45) is 5.75. The highest BCUT2D eigenvalue weighted by atomic mass is 32.2. The van der Waals surface area contributed by atoms with Crippen molar-refractivity contribution in [3.05, 3.63) is 0 Å². The predicted octanol–water partition coefficient (Wildman–Crippen LogP) is 1.59. The molecule has 3 atom stereocenters. The highest BCUT2D eigenvalue weighted by Gasteiger charge is 2.40. The van der Waals surface area contributed by atoms with Gasteiger partial charge in [-0.1, -0.05) is 19.8 Å². The third kappa shape index (κ3) is 3.90. The SMILES string of the molecule is CC1CCCC(CO)(CN2CCSCC2S(C)(=O)=O)C1. The summed E-state index contributed by atoms with van der Waals surface area (Å²) in [4.78, 5) is 2.11. The Morgan fingerprint density at radius 3 is 2.80 bits per heavy atom. The number of aliphatic hydroxyl groups is 1. The molecule has 0 spiro atoms. The Balaban J connectivity index is 2.12. The van der Waals surface area contributed by atoms with E-state index in [2.05, 4.69) is 11.8 Å². The van der Waals surface area contributed by atoms with Gasteiger partial charge in [-0.05, 0) is 18.8 Å². The summed E-state index contributed by atoms with van der Waals surface area (Å²) < 4.78 is 24.0. The number of rotatable bonds is 4. The smallest absolute Gasteiger partial charge is 0.164 e. The first-order valence-corrected chi connectivity index (χ1v) is 10.6. The number of hydrogen-bond acceptors (Lipinski definition) is 5. The number of sulfone groups is 1. The predicted molar refractivity (Wildman–Crippen MR) is 84.7 cm³/mol. The molecule has 0 amide bonds. The maximum atomic E-state index is 12.0. The summed E-state index contributed by atoms with van der Waals surface area (Å²) in [6.45, 7) is 3.96. The molecular weight excluding hydrogens is 294 g/mol. The van der Waals surface area contributed by atoms with Crippen LogP contribution < -0.4 is 0 Å². The standard InChI is InChI=1S/C14H27NO3S2/c1-12-4-3-5-14(8-12,11-16)10-15-6-7-19-9-13(15)20(2,17)18/h12-13,16H,3-11H2,1-2H3. The zero-order valence-electron chi connectivity index (χ0n) is 12.5. The highest BCUT2D eigenvalue weighted by molar-refractivity contribution is 8.00. The second-order valence-corrected chi connectivity index (χ2v) is 10.0. The van der Waals surface area contributed by atoms with Crippen LogP contribution in [0.15, 0.2) is 0 Å². The van der Waals surface area contributed by atoms with Gasteiger partial charge in [-0.25, -0.2) is 8.42 Å². The van der Waals surface area contributed by atoms with Gasteiger partial charge in [0, 0.05) is 42.9 Å².